The highest BCUT2D eigenvalue weighted by Gasteiger charge is 2.28. The second-order valence-corrected chi connectivity index (χ2v) is 8.88. The maximum absolute atomic E-state index is 12.3. The minimum atomic E-state index is -0.793. The molecule has 0 aromatic carbocycles. The van der Waals surface area contributed by atoms with E-state index in [4.69, 9.17) is 4.74 Å². The van der Waals surface area contributed by atoms with Crippen LogP contribution in [0.15, 0.2) is 30.0 Å². The van der Waals surface area contributed by atoms with Gasteiger partial charge in [0.15, 0.2) is 5.82 Å². The number of fused-ring (bicyclic) bond motifs is 1. The van der Waals surface area contributed by atoms with Crippen LogP contribution in [-0.4, -0.2) is 67.5 Å². The lowest BCUT2D eigenvalue weighted by Gasteiger charge is -2.36. The number of rotatable bonds is 3. The summed E-state index contributed by atoms with van der Waals surface area (Å²) in [5.41, 5.74) is 0.690. The van der Waals surface area contributed by atoms with Crippen molar-refractivity contribution in [3.05, 3.63) is 40.6 Å². The van der Waals surface area contributed by atoms with Crippen molar-refractivity contribution in [1.29, 1.82) is 0 Å². The molecule has 1 unspecified atom stereocenters. The third kappa shape index (κ3) is 4.03. The van der Waals surface area contributed by atoms with Crippen molar-refractivity contribution in [2.75, 3.05) is 31.1 Å². The average molecular weight is 417 g/mol. The van der Waals surface area contributed by atoms with Gasteiger partial charge in [0.1, 0.15) is 18.0 Å². The molecule has 0 aliphatic carbocycles. The molecule has 0 saturated carbocycles. The molecule has 10 heteroatoms. The zero-order chi connectivity index (χ0) is 20.6. The van der Waals surface area contributed by atoms with Crippen molar-refractivity contribution in [2.45, 2.75) is 32.5 Å². The number of ether oxygens (including phenoxy) is 1. The summed E-state index contributed by atoms with van der Waals surface area (Å²) in [6.07, 6.45) is 2.16. The van der Waals surface area contributed by atoms with Gasteiger partial charge in [-0.05, 0) is 32.2 Å². The van der Waals surface area contributed by atoms with E-state index in [1.54, 1.807) is 21.8 Å². The number of hydrogen-bond acceptors (Lipinski definition) is 8. The van der Waals surface area contributed by atoms with E-state index in [1.807, 2.05) is 38.3 Å². The Morgan fingerprint density at radius 2 is 2.03 bits per heavy atom. The topological polar surface area (TPSA) is 96.1 Å². The van der Waals surface area contributed by atoms with Gasteiger partial charge in [0, 0.05) is 31.1 Å². The van der Waals surface area contributed by atoms with Crippen molar-refractivity contribution in [3.8, 4) is 0 Å². The number of aliphatic hydroxyl groups excluding tert-OH is 1. The van der Waals surface area contributed by atoms with E-state index >= 15 is 0 Å². The zero-order valence-corrected chi connectivity index (χ0v) is 17.5. The number of thiophene rings is 1. The lowest BCUT2D eigenvalue weighted by atomic mass is 10.2. The van der Waals surface area contributed by atoms with Crippen LogP contribution < -0.4 is 4.90 Å². The van der Waals surface area contributed by atoms with Crippen molar-refractivity contribution >= 4 is 28.9 Å². The SMILES string of the molecule is CC(C)(C)OC(=O)N1CCN(c2ncc(C(O)c3cccs3)n3cnnc23)CC1. The van der Waals surface area contributed by atoms with Gasteiger partial charge < -0.3 is 19.6 Å². The summed E-state index contributed by atoms with van der Waals surface area (Å²) in [5, 5.41) is 20.9. The van der Waals surface area contributed by atoms with Crippen LogP contribution >= 0.6 is 11.3 Å². The molecule has 1 atom stereocenters. The standard InChI is InChI=1S/C19H24N6O3S/c1-19(2,3)28-18(27)24-8-6-23(7-9-24)16-17-22-21-12-25(17)13(11-20-16)15(26)14-5-4-10-29-14/h4-5,10-12,15,26H,6-9H2,1-3H3. The van der Waals surface area contributed by atoms with Crippen LogP contribution in [0.2, 0.25) is 0 Å². The first-order valence-electron chi connectivity index (χ1n) is 9.46. The van der Waals surface area contributed by atoms with Crippen molar-refractivity contribution in [2.24, 2.45) is 0 Å². The summed E-state index contributed by atoms with van der Waals surface area (Å²) in [5.74, 6) is 0.688. The molecule has 0 radical (unpaired) electrons. The number of nitrogens with zero attached hydrogens (tertiary/aromatic N) is 6. The van der Waals surface area contributed by atoms with E-state index < -0.39 is 11.7 Å². The van der Waals surface area contributed by atoms with E-state index in [0.717, 1.165) is 4.88 Å². The Balaban J connectivity index is 1.52. The molecule has 1 saturated heterocycles. The highest BCUT2D eigenvalue weighted by molar-refractivity contribution is 7.10. The summed E-state index contributed by atoms with van der Waals surface area (Å²) in [4.78, 5) is 21.5. The fourth-order valence-electron chi connectivity index (χ4n) is 3.27. The summed E-state index contributed by atoms with van der Waals surface area (Å²) < 4.78 is 7.22. The number of piperazine rings is 1. The summed E-state index contributed by atoms with van der Waals surface area (Å²) in [6.45, 7) is 7.88. The third-order valence-electron chi connectivity index (χ3n) is 4.67. The molecule has 3 aromatic rings. The summed E-state index contributed by atoms with van der Waals surface area (Å²) in [7, 11) is 0. The first-order chi connectivity index (χ1) is 13.8. The first kappa shape index (κ1) is 19.6. The van der Waals surface area contributed by atoms with E-state index in [1.165, 1.54) is 11.3 Å². The summed E-state index contributed by atoms with van der Waals surface area (Å²) in [6, 6.07) is 3.79. The van der Waals surface area contributed by atoms with E-state index in [9.17, 15) is 9.90 Å². The third-order valence-corrected chi connectivity index (χ3v) is 5.59. The maximum Gasteiger partial charge on any atom is 0.410 e. The van der Waals surface area contributed by atoms with Gasteiger partial charge in [-0.15, -0.1) is 21.5 Å². The molecule has 0 bridgehead atoms. The van der Waals surface area contributed by atoms with Gasteiger partial charge in [-0.25, -0.2) is 9.78 Å². The molecule has 4 heterocycles. The van der Waals surface area contributed by atoms with Gasteiger partial charge >= 0.3 is 6.09 Å². The Kier molecular flexibility index (Phi) is 5.13. The number of amides is 1. The van der Waals surface area contributed by atoms with Gasteiger partial charge in [0.2, 0.25) is 5.65 Å². The molecule has 9 nitrogen and oxygen atoms in total. The smallest absolute Gasteiger partial charge is 0.410 e. The van der Waals surface area contributed by atoms with Crippen LogP contribution in [0.4, 0.5) is 10.6 Å². The van der Waals surface area contributed by atoms with Gasteiger partial charge in [-0.3, -0.25) is 4.40 Å². The first-order valence-corrected chi connectivity index (χ1v) is 10.3. The molecule has 154 valence electrons. The van der Waals surface area contributed by atoms with Crippen LogP contribution in [0.3, 0.4) is 0 Å². The molecule has 1 fully saturated rings. The molecular formula is C19H24N6O3S. The van der Waals surface area contributed by atoms with E-state index in [-0.39, 0.29) is 6.09 Å². The quantitative estimate of drug-likeness (QED) is 0.700. The Hall–Kier alpha value is -2.72. The fraction of sp³-hybridized carbons (Fsp3) is 0.474. The van der Waals surface area contributed by atoms with Crippen LogP contribution in [-0.2, 0) is 4.74 Å². The fourth-order valence-corrected chi connectivity index (χ4v) is 3.99. The molecular weight excluding hydrogens is 392 g/mol. The molecule has 4 rings (SSSR count). The van der Waals surface area contributed by atoms with Crippen molar-refractivity contribution in [1.82, 2.24) is 24.5 Å². The predicted octanol–water partition coefficient (Wildman–Crippen LogP) is 2.32. The van der Waals surface area contributed by atoms with Crippen LogP contribution in [0, 0.1) is 0 Å². The lowest BCUT2D eigenvalue weighted by molar-refractivity contribution is 0.0240. The molecule has 29 heavy (non-hydrogen) atoms. The van der Waals surface area contributed by atoms with Gasteiger partial charge in [0.05, 0.1) is 11.9 Å². The number of aromatic nitrogens is 4. The van der Waals surface area contributed by atoms with Gasteiger partial charge in [0.25, 0.3) is 0 Å². The van der Waals surface area contributed by atoms with Crippen LogP contribution in [0.25, 0.3) is 5.65 Å². The maximum atomic E-state index is 12.3. The second kappa shape index (κ2) is 7.60. The molecule has 1 amide bonds. The highest BCUT2D eigenvalue weighted by Crippen LogP contribution is 2.28. The molecule has 1 aliphatic rings. The average Bonchev–Trinajstić information content (AvgIpc) is 3.37. The number of anilines is 1. The minimum absolute atomic E-state index is 0.299. The van der Waals surface area contributed by atoms with E-state index in [2.05, 4.69) is 20.1 Å². The van der Waals surface area contributed by atoms with Gasteiger partial charge in [-0.1, -0.05) is 6.07 Å². The lowest BCUT2D eigenvalue weighted by Crippen LogP contribution is -2.50. The van der Waals surface area contributed by atoms with Crippen molar-refractivity contribution < 1.29 is 14.6 Å². The van der Waals surface area contributed by atoms with Crippen LogP contribution in [0.1, 0.15) is 37.4 Å². The summed E-state index contributed by atoms with van der Waals surface area (Å²) >= 11 is 1.48. The molecule has 3 aromatic heterocycles. The minimum Gasteiger partial charge on any atom is -0.444 e. The van der Waals surface area contributed by atoms with Crippen molar-refractivity contribution in [3.63, 3.8) is 0 Å². The Morgan fingerprint density at radius 1 is 1.28 bits per heavy atom. The Bertz CT molecular complexity index is 989. The largest absolute Gasteiger partial charge is 0.444 e. The number of aliphatic hydroxyl groups is 1. The second-order valence-electron chi connectivity index (χ2n) is 7.90. The number of carbonyl (C=O) groups is 1. The number of carbonyl (C=O) groups excluding carboxylic acids is 1. The predicted molar refractivity (Wildman–Crippen MR) is 109 cm³/mol. The van der Waals surface area contributed by atoms with E-state index in [0.29, 0.717) is 43.3 Å². The molecule has 1 aliphatic heterocycles. The number of hydrogen-bond donors (Lipinski definition) is 1. The van der Waals surface area contributed by atoms with Gasteiger partial charge in [-0.2, -0.15) is 0 Å². The monoisotopic (exact) mass is 416 g/mol. The molecule has 1 N–H and O–H groups in total. The highest BCUT2D eigenvalue weighted by atomic mass is 32.1. The Morgan fingerprint density at radius 3 is 2.69 bits per heavy atom. The van der Waals surface area contributed by atoms with Crippen LogP contribution in [0.5, 0.6) is 0 Å². The normalized spacial score (nSPS) is 16.3. The Labute approximate surface area is 172 Å². The molecule has 0 spiro atoms. The zero-order valence-electron chi connectivity index (χ0n) is 16.6.